The van der Waals surface area contributed by atoms with Gasteiger partial charge in [-0.15, -0.1) is 11.3 Å². The second kappa shape index (κ2) is 8.95. The summed E-state index contributed by atoms with van der Waals surface area (Å²) in [6.45, 7) is 6.08. The maximum atomic E-state index is 15.3. The van der Waals surface area contributed by atoms with Crippen LogP contribution in [0.2, 0.25) is 0 Å². The molecule has 0 saturated carbocycles. The van der Waals surface area contributed by atoms with Crippen LogP contribution in [0, 0.1) is 5.82 Å². The molecule has 0 spiro atoms. The van der Waals surface area contributed by atoms with E-state index in [2.05, 4.69) is 20.6 Å². The zero-order valence-electron chi connectivity index (χ0n) is 18.3. The molecule has 0 atom stereocenters. The van der Waals surface area contributed by atoms with Crippen LogP contribution in [0.1, 0.15) is 25.8 Å². The number of para-hydroxylation sites is 1. The molecule has 2 aromatic heterocycles. The quantitative estimate of drug-likeness (QED) is 0.311. The van der Waals surface area contributed by atoms with E-state index in [-0.39, 0.29) is 16.7 Å². The minimum absolute atomic E-state index is 0.134. The average Bonchev–Trinajstić information content (AvgIpc) is 3.22. The first-order valence-corrected chi connectivity index (χ1v) is 11.0. The second-order valence-corrected chi connectivity index (χ2v) is 9.30. The van der Waals surface area contributed by atoms with Gasteiger partial charge in [-0.3, -0.25) is 5.32 Å². The van der Waals surface area contributed by atoms with Crippen molar-refractivity contribution in [2.75, 3.05) is 10.6 Å². The summed E-state index contributed by atoms with van der Waals surface area (Å²) in [5.41, 5.74) is 1.62. The molecule has 1 amide bonds. The number of hydrogen-bond acceptors (Lipinski definition) is 6. The van der Waals surface area contributed by atoms with Crippen molar-refractivity contribution in [3.63, 3.8) is 0 Å². The van der Waals surface area contributed by atoms with Gasteiger partial charge in [-0.25, -0.2) is 24.1 Å². The van der Waals surface area contributed by atoms with E-state index in [0.29, 0.717) is 22.2 Å². The smallest absolute Gasteiger partial charge is 0.409 e. The van der Waals surface area contributed by atoms with Gasteiger partial charge in [-0.1, -0.05) is 45.0 Å². The Kier molecular flexibility index (Phi) is 6.06. The van der Waals surface area contributed by atoms with E-state index in [4.69, 9.17) is 10.1 Å². The minimum atomic E-state index is -1.34. The van der Waals surface area contributed by atoms with E-state index in [1.165, 1.54) is 17.4 Å². The first-order chi connectivity index (χ1) is 15.7. The Bertz CT molecular complexity index is 1300. The van der Waals surface area contributed by atoms with E-state index in [0.717, 1.165) is 10.7 Å². The van der Waals surface area contributed by atoms with Gasteiger partial charge in [0.25, 0.3) is 0 Å². The van der Waals surface area contributed by atoms with Crippen LogP contribution >= 0.6 is 11.3 Å². The van der Waals surface area contributed by atoms with Crippen molar-refractivity contribution >= 4 is 34.8 Å². The van der Waals surface area contributed by atoms with Crippen LogP contribution in [0.4, 0.5) is 26.5 Å². The highest BCUT2D eigenvalue weighted by Gasteiger charge is 2.26. The Morgan fingerprint density at radius 1 is 1.03 bits per heavy atom. The van der Waals surface area contributed by atoms with Gasteiger partial charge < -0.3 is 10.4 Å². The number of carboxylic acid groups (broad SMARTS) is 1. The van der Waals surface area contributed by atoms with Crippen molar-refractivity contribution in [1.82, 2.24) is 15.0 Å². The van der Waals surface area contributed by atoms with Crippen LogP contribution in [-0.4, -0.2) is 26.2 Å². The van der Waals surface area contributed by atoms with Crippen LogP contribution in [-0.2, 0) is 5.41 Å². The topological polar surface area (TPSA) is 100 Å². The molecule has 0 fully saturated rings. The lowest BCUT2D eigenvalue weighted by Gasteiger charge is -2.13. The van der Waals surface area contributed by atoms with Gasteiger partial charge in [0.15, 0.2) is 5.82 Å². The van der Waals surface area contributed by atoms with Gasteiger partial charge in [0.1, 0.15) is 0 Å². The fraction of sp³-hybridized carbons (Fsp3) is 0.167. The third-order valence-corrected chi connectivity index (χ3v) is 6.19. The minimum Gasteiger partial charge on any atom is -0.465 e. The molecular weight excluding hydrogens is 441 g/mol. The van der Waals surface area contributed by atoms with Gasteiger partial charge in [0.05, 0.1) is 27.0 Å². The normalized spacial score (nSPS) is 11.3. The van der Waals surface area contributed by atoms with Crippen LogP contribution in [0.5, 0.6) is 0 Å². The standard InChI is InChI=1S/C24H22FN5O2S/c1-24(2,3)21-30-19(15-10-7-11-16(18(15)25)29-23(31)32)20(33-21)17-12-13-26-22(28-17)27-14-8-5-4-6-9-14/h4-13,29H,1-3H3,(H,31,32)(H,26,27,28). The molecule has 0 aliphatic heterocycles. The van der Waals surface area contributed by atoms with Crippen molar-refractivity contribution < 1.29 is 14.3 Å². The third-order valence-electron chi connectivity index (χ3n) is 4.68. The molecule has 33 heavy (non-hydrogen) atoms. The summed E-state index contributed by atoms with van der Waals surface area (Å²) in [6.07, 6.45) is 0.291. The highest BCUT2D eigenvalue weighted by molar-refractivity contribution is 7.15. The molecule has 4 rings (SSSR count). The largest absolute Gasteiger partial charge is 0.465 e. The molecule has 0 bridgehead atoms. The first-order valence-electron chi connectivity index (χ1n) is 10.2. The molecule has 4 aromatic rings. The first kappa shape index (κ1) is 22.3. The lowest BCUT2D eigenvalue weighted by atomic mass is 9.98. The number of benzene rings is 2. The van der Waals surface area contributed by atoms with Crippen molar-refractivity contribution in [2.45, 2.75) is 26.2 Å². The van der Waals surface area contributed by atoms with Crippen LogP contribution < -0.4 is 10.6 Å². The monoisotopic (exact) mass is 463 g/mol. The molecule has 0 saturated heterocycles. The predicted molar refractivity (Wildman–Crippen MR) is 129 cm³/mol. The lowest BCUT2D eigenvalue weighted by molar-refractivity contribution is 0.209. The summed E-state index contributed by atoms with van der Waals surface area (Å²) in [5, 5.41) is 15.1. The molecule has 168 valence electrons. The molecule has 0 radical (unpaired) electrons. The molecule has 0 aliphatic carbocycles. The van der Waals surface area contributed by atoms with Gasteiger partial charge in [0.2, 0.25) is 5.95 Å². The molecule has 0 unspecified atom stereocenters. The van der Waals surface area contributed by atoms with Crippen LogP contribution in [0.15, 0.2) is 60.8 Å². The maximum absolute atomic E-state index is 15.3. The van der Waals surface area contributed by atoms with E-state index in [1.54, 1.807) is 24.4 Å². The summed E-state index contributed by atoms with van der Waals surface area (Å²) in [6, 6.07) is 15.8. The fourth-order valence-corrected chi connectivity index (χ4v) is 4.23. The zero-order valence-corrected chi connectivity index (χ0v) is 19.1. The molecule has 3 N–H and O–H groups in total. The molecular formula is C24H22FN5O2S. The molecule has 7 nitrogen and oxygen atoms in total. The molecule has 0 aliphatic rings. The summed E-state index contributed by atoms with van der Waals surface area (Å²) in [5.74, 6) is -0.291. The second-order valence-electron chi connectivity index (χ2n) is 8.30. The zero-order chi connectivity index (χ0) is 23.6. The van der Waals surface area contributed by atoms with Gasteiger partial charge >= 0.3 is 6.09 Å². The van der Waals surface area contributed by atoms with Crippen molar-refractivity contribution in [3.8, 4) is 21.8 Å². The number of anilines is 3. The van der Waals surface area contributed by atoms with E-state index < -0.39 is 11.9 Å². The highest BCUT2D eigenvalue weighted by Crippen LogP contribution is 2.41. The van der Waals surface area contributed by atoms with E-state index >= 15 is 4.39 Å². The number of nitrogens with one attached hydrogen (secondary N) is 2. The van der Waals surface area contributed by atoms with Crippen LogP contribution in [0.3, 0.4) is 0 Å². The number of rotatable bonds is 5. The summed E-state index contributed by atoms with van der Waals surface area (Å²) < 4.78 is 15.3. The Balaban J connectivity index is 1.83. The number of hydrogen-bond donors (Lipinski definition) is 3. The van der Waals surface area contributed by atoms with E-state index in [9.17, 15) is 4.79 Å². The number of amides is 1. The summed E-state index contributed by atoms with van der Waals surface area (Å²) >= 11 is 1.43. The van der Waals surface area contributed by atoms with Gasteiger partial charge in [-0.2, -0.15) is 0 Å². The summed E-state index contributed by atoms with van der Waals surface area (Å²) in [4.78, 5) is 25.4. The Hall–Kier alpha value is -3.85. The number of halogens is 1. The molecule has 2 heterocycles. The van der Waals surface area contributed by atoms with Crippen LogP contribution in [0.25, 0.3) is 21.8 Å². The number of carbonyl (C=O) groups is 1. The van der Waals surface area contributed by atoms with Crippen molar-refractivity contribution in [3.05, 3.63) is 71.6 Å². The van der Waals surface area contributed by atoms with Crippen molar-refractivity contribution in [1.29, 1.82) is 0 Å². The van der Waals surface area contributed by atoms with Gasteiger partial charge in [-0.05, 0) is 30.3 Å². The van der Waals surface area contributed by atoms with E-state index in [1.807, 2.05) is 51.1 Å². The summed E-state index contributed by atoms with van der Waals surface area (Å²) in [7, 11) is 0. The van der Waals surface area contributed by atoms with Gasteiger partial charge in [0, 0.05) is 22.9 Å². The fourth-order valence-electron chi connectivity index (χ4n) is 3.12. The number of thiazole rings is 1. The Labute approximate surface area is 194 Å². The Morgan fingerprint density at radius 2 is 1.79 bits per heavy atom. The average molecular weight is 464 g/mol. The van der Waals surface area contributed by atoms with Crippen molar-refractivity contribution in [2.24, 2.45) is 0 Å². The maximum Gasteiger partial charge on any atom is 0.409 e. The highest BCUT2D eigenvalue weighted by atomic mass is 32.1. The Morgan fingerprint density at radius 3 is 2.48 bits per heavy atom. The lowest BCUT2D eigenvalue weighted by Crippen LogP contribution is -2.10. The third kappa shape index (κ3) is 4.98. The SMILES string of the molecule is CC(C)(C)c1nc(-c2cccc(NC(=O)O)c2F)c(-c2ccnc(Nc3ccccc3)n2)s1. The predicted octanol–water partition coefficient (Wildman–Crippen LogP) is 6.54. The number of aromatic nitrogens is 3. The number of nitrogens with zero attached hydrogens (tertiary/aromatic N) is 3. The molecule has 2 aromatic carbocycles. The molecule has 9 heteroatoms.